The van der Waals surface area contributed by atoms with E-state index in [2.05, 4.69) is 19.2 Å². The summed E-state index contributed by atoms with van der Waals surface area (Å²) in [5, 5.41) is 5.52. The molecule has 0 saturated carbocycles. The number of Topliss-reactive ketones (excluding diaryl/α,β-unsaturated/α-hetero) is 2. The molecule has 3 nitrogen and oxygen atoms in total. The Bertz CT molecular complexity index is 1020. The van der Waals surface area contributed by atoms with Crippen LogP contribution in [0.3, 0.4) is 0 Å². The molecule has 1 aliphatic heterocycles. The zero-order chi connectivity index (χ0) is 18.1. The van der Waals surface area contributed by atoms with E-state index in [9.17, 15) is 9.59 Å². The van der Waals surface area contributed by atoms with Gasteiger partial charge in [-0.25, -0.2) is 0 Å². The average molecular weight is 361 g/mol. The Labute approximate surface area is 156 Å². The first kappa shape index (κ1) is 15.8. The van der Waals surface area contributed by atoms with Crippen LogP contribution in [-0.4, -0.2) is 11.6 Å². The smallest absolute Gasteiger partial charge is 0.192 e. The lowest BCUT2D eigenvalue weighted by molar-refractivity contribution is -0.118. The fraction of sp³-hybridized carbons (Fsp3) is 0.273. The van der Waals surface area contributed by atoms with E-state index in [0.717, 1.165) is 45.0 Å². The van der Waals surface area contributed by atoms with Crippen LogP contribution in [0.15, 0.2) is 58.6 Å². The van der Waals surface area contributed by atoms with Crippen LogP contribution in [0.2, 0.25) is 0 Å². The zero-order valence-electron chi connectivity index (χ0n) is 14.8. The van der Waals surface area contributed by atoms with Gasteiger partial charge < -0.3 is 5.32 Å². The molecule has 0 saturated heterocycles. The van der Waals surface area contributed by atoms with Crippen LogP contribution in [0.4, 0.5) is 0 Å². The summed E-state index contributed by atoms with van der Waals surface area (Å²) < 4.78 is 0. The molecule has 1 atom stereocenters. The summed E-state index contributed by atoms with van der Waals surface area (Å²) in [6, 6.07) is 11.8. The molecule has 4 heteroatoms. The van der Waals surface area contributed by atoms with Gasteiger partial charge in [0.15, 0.2) is 11.6 Å². The third kappa shape index (κ3) is 2.12. The van der Waals surface area contributed by atoms with Crippen molar-refractivity contribution in [3.05, 3.63) is 74.6 Å². The Morgan fingerprint density at radius 2 is 1.77 bits per heavy atom. The van der Waals surface area contributed by atoms with E-state index < -0.39 is 0 Å². The second kappa shape index (κ2) is 5.27. The zero-order valence-corrected chi connectivity index (χ0v) is 15.6. The van der Waals surface area contributed by atoms with Crippen molar-refractivity contribution in [2.24, 2.45) is 5.41 Å². The molecule has 1 unspecified atom stereocenters. The Morgan fingerprint density at radius 3 is 2.50 bits per heavy atom. The molecule has 5 rings (SSSR count). The molecule has 0 spiro atoms. The van der Waals surface area contributed by atoms with Crippen LogP contribution >= 0.6 is 11.3 Å². The SMILES string of the molecule is CC1(C)CC(=O)C2=C(C1)NC1=C(C(=O)c3ccccc31)C2c1cccs1. The highest BCUT2D eigenvalue weighted by Gasteiger charge is 2.46. The molecule has 0 radical (unpaired) electrons. The molecule has 0 fully saturated rings. The van der Waals surface area contributed by atoms with Crippen molar-refractivity contribution in [1.29, 1.82) is 0 Å². The second-order valence-electron chi connectivity index (χ2n) is 8.07. The van der Waals surface area contributed by atoms with Crippen molar-refractivity contribution in [2.75, 3.05) is 0 Å². The Balaban J connectivity index is 1.75. The number of hydrogen-bond donors (Lipinski definition) is 1. The van der Waals surface area contributed by atoms with Gasteiger partial charge in [-0.05, 0) is 23.3 Å². The molecule has 1 N–H and O–H groups in total. The van der Waals surface area contributed by atoms with Crippen LogP contribution in [0, 0.1) is 5.41 Å². The maximum Gasteiger partial charge on any atom is 0.192 e. The molecule has 2 aromatic rings. The highest BCUT2D eigenvalue weighted by molar-refractivity contribution is 7.10. The lowest BCUT2D eigenvalue weighted by Gasteiger charge is -2.38. The number of thiophene rings is 1. The molecule has 130 valence electrons. The van der Waals surface area contributed by atoms with Crippen LogP contribution < -0.4 is 5.32 Å². The third-order valence-electron chi connectivity index (χ3n) is 5.56. The number of fused-ring (bicyclic) bond motifs is 2. The minimum atomic E-state index is -0.246. The summed E-state index contributed by atoms with van der Waals surface area (Å²) >= 11 is 1.62. The van der Waals surface area contributed by atoms with Crippen molar-refractivity contribution >= 4 is 28.6 Å². The van der Waals surface area contributed by atoms with Gasteiger partial charge in [0, 0.05) is 39.3 Å². The Kier molecular flexibility index (Phi) is 3.20. The van der Waals surface area contributed by atoms with Crippen LogP contribution in [0.25, 0.3) is 5.70 Å². The predicted molar refractivity (Wildman–Crippen MR) is 103 cm³/mol. The number of dihydropyridines is 1. The van der Waals surface area contributed by atoms with E-state index in [0.29, 0.717) is 6.42 Å². The molecular formula is C22H19NO2S. The number of hydrogen-bond acceptors (Lipinski definition) is 4. The fourth-order valence-electron chi connectivity index (χ4n) is 4.53. The fourth-order valence-corrected chi connectivity index (χ4v) is 5.37. The van der Waals surface area contributed by atoms with Gasteiger partial charge in [0.25, 0.3) is 0 Å². The van der Waals surface area contributed by atoms with Crippen molar-refractivity contribution in [1.82, 2.24) is 5.32 Å². The van der Waals surface area contributed by atoms with E-state index in [1.54, 1.807) is 11.3 Å². The predicted octanol–water partition coefficient (Wildman–Crippen LogP) is 4.69. The minimum absolute atomic E-state index is 0.0469. The summed E-state index contributed by atoms with van der Waals surface area (Å²) in [5.74, 6) is -0.0344. The Hall–Kier alpha value is -2.46. The largest absolute Gasteiger partial charge is 0.358 e. The minimum Gasteiger partial charge on any atom is -0.358 e. The van der Waals surface area contributed by atoms with Crippen molar-refractivity contribution in [3.63, 3.8) is 0 Å². The molecule has 26 heavy (non-hydrogen) atoms. The number of allylic oxidation sites excluding steroid dienone is 3. The second-order valence-corrected chi connectivity index (χ2v) is 9.05. The van der Waals surface area contributed by atoms with Gasteiger partial charge >= 0.3 is 0 Å². The standard InChI is InChI=1S/C22H19NO2S/c1-22(2)10-14-17(15(24)11-22)18(16-8-5-9-26-16)19-20(23-14)12-6-3-4-7-13(12)21(19)25/h3-9,18,23H,10-11H2,1-2H3. The molecule has 1 aromatic heterocycles. The van der Waals surface area contributed by atoms with Gasteiger partial charge in [-0.2, -0.15) is 0 Å². The van der Waals surface area contributed by atoms with Crippen LogP contribution in [-0.2, 0) is 4.79 Å². The quantitative estimate of drug-likeness (QED) is 0.802. The summed E-state index contributed by atoms with van der Waals surface area (Å²) in [6.45, 7) is 4.27. The molecule has 0 amide bonds. The van der Waals surface area contributed by atoms with Gasteiger partial charge in [0.2, 0.25) is 0 Å². The number of carbonyl (C=O) groups is 2. The van der Waals surface area contributed by atoms with E-state index in [1.165, 1.54) is 0 Å². The number of carbonyl (C=O) groups excluding carboxylic acids is 2. The summed E-state index contributed by atoms with van der Waals surface area (Å²) in [7, 11) is 0. The number of nitrogens with one attached hydrogen (secondary N) is 1. The summed E-state index contributed by atoms with van der Waals surface area (Å²) in [5.41, 5.74) is 5.05. The molecule has 3 aliphatic rings. The van der Waals surface area contributed by atoms with Gasteiger partial charge in [-0.3, -0.25) is 9.59 Å². The van der Waals surface area contributed by atoms with E-state index in [1.807, 2.05) is 41.8 Å². The lowest BCUT2D eigenvalue weighted by atomic mass is 9.69. The van der Waals surface area contributed by atoms with E-state index >= 15 is 0 Å². The molecule has 2 heterocycles. The molecule has 0 bridgehead atoms. The topological polar surface area (TPSA) is 46.2 Å². The molecular weight excluding hydrogens is 342 g/mol. The highest BCUT2D eigenvalue weighted by atomic mass is 32.1. The van der Waals surface area contributed by atoms with Crippen LogP contribution in [0.1, 0.15) is 53.4 Å². The summed E-state index contributed by atoms with van der Waals surface area (Å²) in [6.07, 6.45) is 1.35. The number of rotatable bonds is 1. The monoisotopic (exact) mass is 361 g/mol. The van der Waals surface area contributed by atoms with Crippen LogP contribution in [0.5, 0.6) is 0 Å². The number of ketones is 2. The number of benzene rings is 1. The Morgan fingerprint density at radius 1 is 1.00 bits per heavy atom. The summed E-state index contributed by atoms with van der Waals surface area (Å²) in [4.78, 5) is 27.4. The van der Waals surface area contributed by atoms with Crippen molar-refractivity contribution < 1.29 is 9.59 Å². The maximum atomic E-state index is 13.2. The first-order valence-corrected chi connectivity index (χ1v) is 9.79. The normalized spacial score (nSPS) is 23.5. The van der Waals surface area contributed by atoms with Crippen molar-refractivity contribution in [2.45, 2.75) is 32.6 Å². The first-order chi connectivity index (χ1) is 12.5. The molecule has 1 aromatic carbocycles. The molecule has 2 aliphatic carbocycles. The van der Waals surface area contributed by atoms with Crippen molar-refractivity contribution in [3.8, 4) is 0 Å². The van der Waals surface area contributed by atoms with Gasteiger partial charge in [-0.15, -0.1) is 11.3 Å². The average Bonchev–Trinajstić information content (AvgIpc) is 3.21. The maximum absolute atomic E-state index is 13.2. The lowest BCUT2D eigenvalue weighted by Crippen LogP contribution is -2.36. The first-order valence-electron chi connectivity index (χ1n) is 8.91. The van der Waals surface area contributed by atoms with Gasteiger partial charge in [-0.1, -0.05) is 44.2 Å². The highest BCUT2D eigenvalue weighted by Crippen LogP contribution is 2.51. The van der Waals surface area contributed by atoms with Gasteiger partial charge in [0.05, 0.1) is 11.6 Å². The van der Waals surface area contributed by atoms with Gasteiger partial charge in [0.1, 0.15) is 0 Å². The van der Waals surface area contributed by atoms with E-state index in [4.69, 9.17) is 0 Å². The van der Waals surface area contributed by atoms with E-state index in [-0.39, 0.29) is 22.9 Å². The third-order valence-corrected chi connectivity index (χ3v) is 6.49.